The smallest absolute Gasteiger partial charge is 0.144 e. The third-order valence-electron chi connectivity index (χ3n) is 7.08. The second-order valence-electron chi connectivity index (χ2n) is 9.66. The van der Waals surface area contributed by atoms with Gasteiger partial charge in [-0.15, -0.1) is 6.58 Å². The van der Waals surface area contributed by atoms with Crippen LogP contribution in [-0.4, -0.2) is 62.7 Å². The summed E-state index contributed by atoms with van der Waals surface area (Å²) in [6.45, 7) is 16.9. The minimum absolute atomic E-state index is 0.325. The van der Waals surface area contributed by atoms with Gasteiger partial charge >= 0.3 is 0 Å². The topological polar surface area (TPSA) is 89.6 Å². The molecule has 38 heavy (non-hydrogen) atoms. The van der Waals surface area contributed by atoms with E-state index in [-0.39, 0.29) is 0 Å². The minimum Gasteiger partial charge on any atom is -0.382 e. The predicted octanol–water partition coefficient (Wildman–Crippen LogP) is 5.37. The summed E-state index contributed by atoms with van der Waals surface area (Å²) < 4.78 is 6.25. The Labute approximate surface area is 231 Å². The summed E-state index contributed by atoms with van der Waals surface area (Å²) in [4.78, 5) is 8.45. The second-order valence-corrected chi connectivity index (χ2v) is 10.5. The van der Waals surface area contributed by atoms with Crippen LogP contribution in [0.25, 0.3) is 0 Å². The van der Waals surface area contributed by atoms with Gasteiger partial charge in [0, 0.05) is 50.9 Å². The van der Waals surface area contributed by atoms with Crippen LogP contribution in [0.15, 0.2) is 59.4 Å². The summed E-state index contributed by atoms with van der Waals surface area (Å²) in [5, 5.41) is 8.66. The number of hydrogen-bond acceptors (Lipinski definition) is 6. The zero-order valence-corrected chi connectivity index (χ0v) is 24.3. The molecule has 0 bridgehead atoms. The van der Waals surface area contributed by atoms with Crippen molar-refractivity contribution in [2.75, 3.05) is 26.4 Å². The maximum absolute atomic E-state index is 6.20. The van der Waals surface area contributed by atoms with Crippen LogP contribution >= 0.6 is 11.9 Å². The third-order valence-corrected chi connectivity index (χ3v) is 7.96. The Kier molecular flexibility index (Phi) is 10.9. The van der Waals surface area contributed by atoms with E-state index < -0.39 is 0 Å². The summed E-state index contributed by atoms with van der Waals surface area (Å²) in [5.41, 5.74) is 12.8. The number of nitrogens with zero attached hydrogens (tertiary/aromatic N) is 7. The van der Waals surface area contributed by atoms with Crippen LogP contribution < -0.4 is 5.73 Å². The lowest BCUT2D eigenvalue weighted by atomic mass is 9.92. The number of aromatic nitrogens is 4. The van der Waals surface area contributed by atoms with Gasteiger partial charge in [0.2, 0.25) is 0 Å². The van der Waals surface area contributed by atoms with Crippen LogP contribution in [0.5, 0.6) is 0 Å². The predicted molar refractivity (Wildman–Crippen MR) is 161 cm³/mol. The van der Waals surface area contributed by atoms with Gasteiger partial charge in [-0.25, -0.2) is 4.68 Å². The average molecular weight is 535 g/mol. The van der Waals surface area contributed by atoms with Crippen molar-refractivity contribution in [3.8, 4) is 0 Å². The van der Waals surface area contributed by atoms with Crippen molar-refractivity contribution in [1.82, 2.24) is 23.7 Å². The highest BCUT2D eigenvalue weighted by Crippen LogP contribution is 2.35. The van der Waals surface area contributed by atoms with Crippen LogP contribution in [0.4, 0.5) is 0 Å². The van der Waals surface area contributed by atoms with Crippen molar-refractivity contribution in [2.24, 2.45) is 15.8 Å². The first-order chi connectivity index (χ1) is 18.3. The van der Waals surface area contributed by atoms with Gasteiger partial charge in [0.15, 0.2) is 0 Å². The molecule has 3 aromatic heterocycles. The average Bonchev–Trinajstić information content (AvgIpc) is 3.48. The summed E-state index contributed by atoms with van der Waals surface area (Å²) in [7, 11) is 1.72. The van der Waals surface area contributed by atoms with E-state index >= 15 is 0 Å². The molecule has 0 radical (unpaired) electrons. The lowest BCUT2D eigenvalue weighted by Gasteiger charge is -2.30. The van der Waals surface area contributed by atoms with Crippen LogP contribution in [0.3, 0.4) is 0 Å². The quantitative estimate of drug-likeness (QED) is 0.173. The van der Waals surface area contributed by atoms with Gasteiger partial charge in [-0.3, -0.25) is 19.0 Å². The first-order valence-corrected chi connectivity index (χ1v) is 14.3. The normalized spacial score (nSPS) is 15.6. The van der Waals surface area contributed by atoms with Gasteiger partial charge in [0.1, 0.15) is 11.5 Å². The monoisotopic (exact) mass is 534 g/mol. The van der Waals surface area contributed by atoms with Gasteiger partial charge in [-0.1, -0.05) is 31.0 Å². The molecule has 1 aliphatic rings. The number of aryl methyl sites for hydroxylation is 2. The molecule has 204 valence electrons. The minimum atomic E-state index is 0.325. The number of allylic oxidation sites excluding steroid dienone is 1. The zero-order valence-electron chi connectivity index (χ0n) is 23.5. The lowest BCUT2D eigenvalue weighted by molar-refractivity contribution is 0.339. The maximum atomic E-state index is 6.20. The van der Waals surface area contributed by atoms with Gasteiger partial charge in [-0.2, -0.15) is 10.2 Å². The van der Waals surface area contributed by atoms with Crippen molar-refractivity contribution in [2.45, 2.75) is 58.4 Å². The molecule has 4 rings (SSSR count). The zero-order chi connectivity index (χ0) is 27.7. The van der Waals surface area contributed by atoms with E-state index in [1.165, 1.54) is 16.8 Å². The Morgan fingerprint density at radius 2 is 2.03 bits per heavy atom. The van der Waals surface area contributed by atoms with Crippen molar-refractivity contribution < 1.29 is 0 Å². The number of nitrogens with two attached hydrogens (primary N) is 1. The molecule has 1 atom stereocenters. The molecule has 1 saturated heterocycles. The second kappa shape index (κ2) is 14.1. The number of pyridine rings is 1. The van der Waals surface area contributed by atoms with Crippen molar-refractivity contribution >= 4 is 24.5 Å². The van der Waals surface area contributed by atoms with Gasteiger partial charge in [0.25, 0.3) is 0 Å². The highest BCUT2D eigenvalue weighted by molar-refractivity contribution is 7.96. The SMILES string of the molecule is C=CCC(C)c1cc(C2CCN(SC)CC2)n(N=C)c1C(N)=NC.Cc1cn(Cc2ccccn2)nc1C. The number of amidine groups is 1. The molecular weight excluding hydrogens is 492 g/mol. The van der Waals surface area contributed by atoms with E-state index in [9.17, 15) is 0 Å². The van der Waals surface area contributed by atoms with Crippen LogP contribution in [0.1, 0.15) is 71.9 Å². The fourth-order valence-electron chi connectivity index (χ4n) is 4.79. The molecule has 1 unspecified atom stereocenters. The summed E-state index contributed by atoms with van der Waals surface area (Å²) in [5.74, 6) is 1.32. The molecule has 3 aromatic rings. The number of hydrogen-bond donors (Lipinski definition) is 1. The highest BCUT2D eigenvalue weighted by atomic mass is 32.2. The molecular formula is C29H42N8S. The van der Waals surface area contributed by atoms with Gasteiger partial charge in [-0.05, 0) is 74.6 Å². The van der Waals surface area contributed by atoms with E-state index in [1.807, 2.05) is 58.7 Å². The third kappa shape index (κ3) is 7.23. The highest BCUT2D eigenvalue weighted by Gasteiger charge is 2.28. The van der Waals surface area contributed by atoms with Crippen molar-refractivity contribution in [3.63, 3.8) is 0 Å². The summed E-state index contributed by atoms with van der Waals surface area (Å²) in [6, 6.07) is 8.18. The number of aliphatic imine (C=N–C) groups is 1. The van der Waals surface area contributed by atoms with E-state index in [1.54, 1.807) is 13.2 Å². The molecule has 1 aliphatic heterocycles. The fourth-order valence-corrected chi connectivity index (χ4v) is 5.36. The maximum Gasteiger partial charge on any atom is 0.144 e. The molecule has 0 amide bonds. The lowest BCUT2D eigenvalue weighted by Crippen LogP contribution is -2.28. The number of piperidine rings is 1. The summed E-state index contributed by atoms with van der Waals surface area (Å²) in [6.07, 6.45) is 11.1. The Hall–Kier alpha value is -3.17. The van der Waals surface area contributed by atoms with Gasteiger partial charge in [0.05, 0.1) is 17.9 Å². The van der Waals surface area contributed by atoms with Gasteiger partial charge < -0.3 is 5.73 Å². The Morgan fingerprint density at radius 3 is 2.55 bits per heavy atom. The fraction of sp³-hybridized carbons (Fsp3) is 0.448. The molecule has 0 saturated carbocycles. The molecule has 4 heterocycles. The largest absolute Gasteiger partial charge is 0.382 e. The molecule has 2 N–H and O–H groups in total. The molecule has 9 heteroatoms. The number of rotatable bonds is 9. The van der Waals surface area contributed by atoms with E-state index in [0.29, 0.717) is 17.7 Å². The van der Waals surface area contributed by atoms with Crippen molar-refractivity contribution in [1.29, 1.82) is 0 Å². The Morgan fingerprint density at radius 1 is 1.29 bits per heavy atom. The van der Waals surface area contributed by atoms with E-state index in [2.05, 4.69) is 63.9 Å². The van der Waals surface area contributed by atoms with Crippen molar-refractivity contribution in [3.05, 3.63) is 83.2 Å². The van der Waals surface area contributed by atoms with Crippen LogP contribution in [0, 0.1) is 13.8 Å². The molecule has 0 aliphatic carbocycles. The molecule has 1 fully saturated rings. The first kappa shape index (κ1) is 29.4. The molecule has 0 spiro atoms. The van der Waals surface area contributed by atoms with E-state index in [0.717, 1.165) is 56.0 Å². The summed E-state index contributed by atoms with van der Waals surface area (Å²) >= 11 is 1.82. The molecule has 8 nitrogen and oxygen atoms in total. The van der Waals surface area contributed by atoms with Crippen LogP contribution in [0.2, 0.25) is 0 Å². The Bertz CT molecular complexity index is 1200. The Balaban J connectivity index is 0.000000241. The first-order valence-electron chi connectivity index (χ1n) is 13.1. The molecule has 0 aromatic carbocycles. The van der Waals surface area contributed by atoms with Crippen LogP contribution in [-0.2, 0) is 6.54 Å². The van der Waals surface area contributed by atoms with E-state index in [4.69, 9.17) is 5.73 Å². The standard InChI is InChI=1S/C18H29N5S.C11H13N3/c1-6-7-13(2)15-12-16(14-8-10-22(24-5)11-9-14)23(21-4)17(15)18(19)20-3;1-9-7-14(13-10(9)2)8-11-5-3-4-6-12-11/h6,12-14H,1,4,7-11H2,2-3,5H3,(H2,19,20);3-7H,8H2,1-2H3.